The molecule has 25 heavy (non-hydrogen) atoms. The van der Waals surface area contributed by atoms with E-state index in [4.69, 9.17) is 0 Å². The van der Waals surface area contributed by atoms with Gasteiger partial charge in [-0.3, -0.25) is 14.8 Å². The molecule has 0 aromatic carbocycles. The second kappa shape index (κ2) is 5.47. The molecular formula is C16H10F3N5O. The maximum Gasteiger partial charge on any atom is 0.406 e. The lowest BCUT2D eigenvalue weighted by Gasteiger charge is -2.32. The number of amides is 1. The van der Waals surface area contributed by atoms with Crippen molar-refractivity contribution in [1.29, 1.82) is 0 Å². The Balaban J connectivity index is 1.86. The number of alkyl halides is 3. The highest BCUT2D eigenvalue weighted by molar-refractivity contribution is 6.31. The van der Waals surface area contributed by atoms with E-state index in [0.29, 0.717) is 16.0 Å². The third-order valence-electron chi connectivity index (χ3n) is 3.94. The number of nitrogens with zero attached hydrogens (tertiary/aromatic N) is 5. The SMILES string of the molecule is O=C1C2C=NN=C2c2ncc(-c3cccnc3)cc2N1CC(F)(F)F. The molecule has 2 aliphatic rings. The number of halogens is 3. The van der Waals surface area contributed by atoms with Gasteiger partial charge >= 0.3 is 6.18 Å². The maximum absolute atomic E-state index is 13.0. The number of carbonyl (C=O) groups is 1. The van der Waals surface area contributed by atoms with Crippen LogP contribution in [0.15, 0.2) is 47.0 Å². The molecule has 0 bridgehead atoms. The van der Waals surface area contributed by atoms with Crippen LogP contribution in [0.2, 0.25) is 0 Å². The molecule has 0 saturated carbocycles. The first-order chi connectivity index (χ1) is 11.9. The van der Waals surface area contributed by atoms with Gasteiger partial charge in [0.1, 0.15) is 23.9 Å². The summed E-state index contributed by atoms with van der Waals surface area (Å²) in [5.41, 5.74) is 1.83. The largest absolute Gasteiger partial charge is 0.406 e. The van der Waals surface area contributed by atoms with Crippen molar-refractivity contribution in [2.45, 2.75) is 6.18 Å². The van der Waals surface area contributed by atoms with Crippen molar-refractivity contribution in [2.75, 3.05) is 11.4 Å². The van der Waals surface area contributed by atoms with Crippen LogP contribution in [0.4, 0.5) is 18.9 Å². The zero-order chi connectivity index (χ0) is 17.6. The first-order valence-electron chi connectivity index (χ1n) is 7.34. The van der Waals surface area contributed by atoms with Crippen molar-refractivity contribution < 1.29 is 18.0 Å². The molecule has 1 unspecified atom stereocenters. The summed E-state index contributed by atoms with van der Waals surface area (Å²) in [5.74, 6) is -1.64. The maximum atomic E-state index is 13.0. The summed E-state index contributed by atoms with van der Waals surface area (Å²) in [6.07, 6.45) is 1.38. The Kier molecular flexibility index (Phi) is 3.38. The first-order valence-corrected chi connectivity index (χ1v) is 7.34. The molecule has 4 heterocycles. The van der Waals surface area contributed by atoms with Crippen LogP contribution in [-0.4, -0.2) is 40.5 Å². The van der Waals surface area contributed by atoms with E-state index >= 15 is 0 Å². The zero-order valence-corrected chi connectivity index (χ0v) is 12.6. The number of hydrogen-bond donors (Lipinski definition) is 0. The van der Waals surface area contributed by atoms with Crippen LogP contribution < -0.4 is 4.90 Å². The van der Waals surface area contributed by atoms with Crippen LogP contribution in [0, 0.1) is 5.92 Å². The zero-order valence-electron chi connectivity index (χ0n) is 12.6. The summed E-state index contributed by atoms with van der Waals surface area (Å²) in [7, 11) is 0. The molecule has 0 N–H and O–H groups in total. The minimum atomic E-state index is -4.54. The molecule has 1 amide bonds. The van der Waals surface area contributed by atoms with E-state index in [1.807, 2.05) is 0 Å². The summed E-state index contributed by atoms with van der Waals surface area (Å²) >= 11 is 0. The van der Waals surface area contributed by atoms with Crippen LogP contribution in [0.3, 0.4) is 0 Å². The van der Waals surface area contributed by atoms with Gasteiger partial charge in [-0.1, -0.05) is 6.07 Å². The Hall–Kier alpha value is -3.10. The smallest absolute Gasteiger partial charge is 0.300 e. The minimum Gasteiger partial charge on any atom is -0.300 e. The van der Waals surface area contributed by atoms with Gasteiger partial charge in [0.05, 0.1) is 5.69 Å². The summed E-state index contributed by atoms with van der Waals surface area (Å²) in [4.78, 5) is 21.4. The highest BCUT2D eigenvalue weighted by Gasteiger charge is 2.44. The number of aromatic nitrogens is 2. The molecule has 2 aromatic heterocycles. The number of pyridine rings is 2. The van der Waals surface area contributed by atoms with Crippen molar-refractivity contribution in [2.24, 2.45) is 16.1 Å². The predicted molar refractivity (Wildman–Crippen MR) is 84.4 cm³/mol. The van der Waals surface area contributed by atoms with Gasteiger partial charge in [0, 0.05) is 35.9 Å². The monoisotopic (exact) mass is 345 g/mol. The molecule has 0 saturated heterocycles. The van der Waals surface area contributed by atoms with Gasteiger partial charge in [-0.05, 0) is 12.1 Å². The molecule has 0 fully saturated rings. The highest BCUT2D eigenvalue weighted by Crippen LogP contribution is 2.35. The molecule has 2 aromatic rings. The molecular weight excluding hydrogens is 335 g/mol. The van der Waals surface area contributed by atoms with E-state index in [1.165, 1.54) is 18.5 Å². The van der Waals surface area contributed by atoms with Crippen LogP contribution in [0.25, 0.3) is 11.1 Å². The fourth-order valence-corrected chi connectivity index (χ4v) is 2.85. The Morgan fingerprint density at radius 1 is 1.20 bits per heavy atom. The normalized spacial score (nSPS) is 18.8. The van der Waals surface area contributed by atoms with E-state index in [9.17, 15) is 18.0 Å². The third-order valence-corrected chi connectivity index (χ3v) is 3.94. The van der Waals surface area contributed by atoms with Crippen molar-refractivity contribution in [3.05, 3.63) is 42.5 Å². The van der Waals surface area contributed by atoms with E-state index < -0.39 is 24.5 Å². The average molecular weight is 345 g/mol. The molecule has 9 heteroatoms. The second-order valence-corrected chi connectivity index (χ2v) is 5.60. The van der Waals surface area contributed by atoms with Crippen LogP contribution in [0.5, 0.6) is 0 Å². The van der Waals surface area contributed by atoms with Gasteiger partial charge in [0.25, 0.3) is 0 Å². The Labute approximate surface area is 139 Å². The lowest BCUT2D eigenvalue weighted by Crippen LogP contribution is -2.48. The first kappa shape index (κ1) is 15.4. The predicted octanol–water partition coefficient (Wildman–Crippen LogP) is 2.46. The fourth-order valence-electron chi connectivity index (χ4n) is 2.85. The van der Waals surface area contributed by atoms with E-state index in [1.54, 1.807) is 24.5 Å². The fraction of sp³-hybridized carbons (Fsp3) is 0.188. The van der Waals surface area contributed by atoms with Crippen molar-refractivity contribution in [1.82, 2.24) is 9.97 Å². The number of fused-ring (bicyclic) bond motifs is 3. The van der Waals surface area contributed by atoms with Gasteiger partial charge in [-0.15, -0.1) is 0 Å². The number of anilines is 1. The van der Waals surface area contributed by atoms with Crippen LogP contribution >= 0.6 is 0 Å². The van der Waals surface area contributed by atoms with E-state index in [-0.39, 0.29) is 17.1 Å². The van der Waals surface area contributed by atoms with Gasteiger partial charge < -0.3 is 4.90 Å². The van der Waals surface area contributed by atoms with Gasteiger partial charge in [0.15, 0.2) is 0 Å². The van der Waals surface area contributed by atoms with Crippen molar-refractivity contribution >= 4 is 23.5 Å². The molecule has 6 nitrogen and oxygen atoms in total. The lowest BCUT2D eigenvalue weighted by molar-refractivity contribution is -0.132. The topological polar surface area (TPSA) is 70.8 Å². The summed E-state index contributed by atoms with van der Waals surface area (Å²) in [5, 5.41) is 7.54. The summed E-state index contributed by atoms with van der Waals surface area (Å²) < 4.78 is 39.0. The molecule has 4 rings (SSSR count). The van der Waals surface area contributed by atoms with E-state index in [2.05, 4.69) is 20.2 Å². The number of hydrogen-bond acceptors (Lipinski definition) is 5. The van der Waals surface area contributed by atoms with Gasteiger partial charge in [0.2, 0.25) is 5.91 Å². The molecule has 2 aliphatic heterocycles. The summed E-state index contributed by atoms with van der Waals surface area (Å²) in [6, 6.07) is 4.96. The van der Waals surface area contributed by atoms with Crippen LogP contribution in [-0.2, 0) is 4.79 Å². The van der Waals surface area contributed by atoms with Crippen molar-refractivity contribution in [3.63, 3.8) is 0 Å². The van der Waals surface area contributed by atoms with Gasteiger partial charge in [-0.2, -0.15) is 23.4 Å². The quantitative estimate of drug-likeness (QED) is 0.839. The Bertz CT molecular complexity index is 908. The average Bonchev–Trinajstić information content (AvgIpc) is 3.08. The molecule has 126 valence electrons. The number of rotatable bonds is 2. The Morgan fingerprint density at radius 2 is 2.04 bits per heavy atom. The second-order valence-electron chi connectivity index (χ2n) is 5.60. The molecule has 0 aliphatic carbocycles. The molecule has 1 atom stereocenters. The molecule has 0 radical (unpaired) electrons. The Morgan fingerprint density at radius 3 is 2.76 bits per heavy atom. The lowest BCUT2D eigenvalue weighted by atomic mass is 9.93. The van der Waals surface area contributed by atoms with Crippen molar-refractivity contribution in [3.8, 4) is 11.1 Å². The van der Waals surface area contributed by atoms with Crippen LogP contribution in [0.1, 0.15) is 5.69 Å². The van der Waals surface area contributed by atoms with Gasteiger partial charge in [-0.25, -0.2) is 0 Å². The summed E-state index contributed by atoms with van der Waals surface area (Å²) in [6.45, 7) is -1.39. The minimum absolute atomic E-state index is 0.0733. The number of carbonyl (C=O) groups excluding carboxylic acids is 1. The standard InChI is InChI=1S/C16H10F3N5O/c17-16(18,19)8-24-12-4-10(9-2-1-3-20-5-9)6-21-14(12)13-11(15(24)25)7-22-23-13/h1-7,11H,8H2. The molecule has 0 spiro atoms. The highest BCUT2D eigenvalue weighted by atomic mass is 19.4. The third kappa shape index (κ3) is 2.67. The van der Waals surface area contributed by atoms with E-state index in [0.717, 1.165) is 0 Å².